The molecule has 0 spiro atoms. The molecule has 1 aliphatic carbocycles. The van der Waals surface area contributed by atoms with Gasteiger partial charge in [0.2, 0.25) is 10.0 Å². The van der Waals surface area contributed by atoms with Crippen LogP contribution < -0.4 is 4.72 Å². The van der Waals surface area contributed by atoms with Crippen molar-refractivity contribution in [3.05, 3.63) is 46.6 Å². The number of rotatable bonds is 5. The number of fused-ring (bicyclic) bond motifs is 1. The highest BCUT2D eigenvalue weighted by molar-refractivity contribution is 7.93. The number of aromatic amines is 1. The Hall–Kier alpha value is -1.96. The number of hydrogen-bond donors (Lipinski definition) is 3. The van der Waals surface area contributed by atoms with Crippen molar-refractivity contribution in [1.82, 2.24) is 14.7 Å². The van der Waals surface area contributed by atoms with Crippen molar-refractivity contribution in [2.24, 2.45) is 0 Å². The standard InChI is InChI=1S/C18H23N3O3S/c1-12-10-16-15(8-9-19-17(16)20-12)13-4-6-14(7-5-13)25(23,24)21-18(2,3)11-22/h4,6,8-10,21-22H,5,7,11H2,1-3H3,(H,19,20). The molecule has 2 aromatic rings. The van der Waals surface area contributed by atoms with Crippen molar-refractivity contribution in [2.75, 3.05) is 6.61 Å². The smallest absolute Gasteiger partial charge is 0.237 e. The number of pyridine rings is 1. The van der Waals surface area contributed by atoms with Crippen LogP contribution in [0.4, 0.5) is 0 Å². The average molecular weight is 361 g/mol. The van der Waals surface area contributed by atoms with Crippen molar-refractivity contribution in [2.45, 2.75) is 39.2 Å². The van der Waals surface area contributed by atoms with Gasteiger partial charge in [0.1, 0.15) is 5.65 Å². The molecule has 2 aromatic heterocycles. The zero-order chi connectivity index (χ0) is 18.2. The second-order valence-corrected chi connectivity index (χ2v) is 8.78. The van der Waals surface area contributed by atoms with Gasteiger partial charge in [0.05, 0.1) is 17.1 Å². The Labute approximate surface area is 147 Å². The van der Waals surface area contributed by atoms with Gasteiger partial charge < -0.3 is 10.1 Å². The zero-order valence-corrected chi connectivity index (χ0v) is 15.4. The van der Waals surface area contributed by atoms with E-state index in [-0.39, 0.29) is 6.61 Å². The van der Waals surface area contributed by atoms with Crippen LogP contribution in [0.5, 0.6) is 0 Å². The summed E-state index contributed by atoms with van der Waals surface area (Å²) in [5, 5.41) is 10.3. The molecule has 0 unspecified atom stereocenters. The van der Waals surface area contributed by atoms with Crippen LogP contribution in [0.2, 0.25) is 0 Å². The Balaban J connectivity index is 1.93. The maximum atomic E-state index is 12.5. The lowest BCUT2D eigenvalue weighted by Gasteiger charge is -2.25. The summed E-state index contributed by atoms with van der Waals surface area (Å²) in [5.41, 5.74) is 3.16. The van der Waals surface area contributed by atoms with E-state index in [0.717, 1.165) is 27.9 Å². The number of allylic oxidation sites excluding steroid dienone is 4. The second kappa shape index (κ2) is 6.40. The number of aliphatic hydroxyl groups is 1. The quantitative estimate of drug-likeness (QED) is 0.763. The molecule has 0 radical (unpaired) electrons. The molecule has 0 atom stereocenters. The normalized spacial score (nSPS) is 16.0. The largest absolute Gasteiger partial charge is 0.394 e. The van der Waals surface area contributed by atoms with Gasteiger partial charge in [-0.2, -0.15) is 0 Å². The molecule has 2 heterocycles. The number of aliphatic hydroxyl groups excluding tert-OH is 1. The van der Waals surface area contributed by atoms with Gasteiger partial charge in [-0.1, -0.05) is 6.08 Å². The van der Waals surface area contributed by atoms with E-state index in [1.165, 1.54) is 0 Å². The number of sulfonamides is 1. The molecule has 1 aliphatic rings. The topological polar surface area (TPSA) is 95.1 Å². The monoisotopic (exact) mass is 361 g/mol. The molecule has 134 valence electrons. The highest BCUT2D eigenvalue weighted by Crippen LogP contribution is 2.32. The summed E-state index contributed by atoms with van der Waals surface area (Å²) in [6.07, 6.45) is 6.34. The van der Waals surface area contributed by atoms with Crippen molar-refractivity contribution < 1.29 is 13.5 Å². The van der Waals surface area contributed by atoms with E-state index in [1.807, 2.05) is 19.1 Å². The minimum Gasteiger partial charge on any atom is -0.394 e. The molecular formula is C18H23N3O3S. The van der Waals surface area contributed by atoms with Crippen LogP contribution in [0, 0.1) is 6.92 Å². The first-order valence-electron chi connectivity index (χ1n) is 8.21. The van der Waals surface area contributed by atoms with Gasteiger partial charge in [0, 0.05) is 17.3 Å². The molecule has 0 aromatic carbocycles. The van der Waals surface area contributed by atoms with Crippen LogP contribution in [0.3, 0.4) is 0 Å². The third kappa shape index (κ3) is 3.68. The molecule has 6 nitrogen and oxygen atoms in total. The summed E-state index contributed by atoms with van der Waals surface area (Å²) in [4.78, 5) is 7.89. The van der Waals surface area contributed by atoms with Gasteiger partial charge in [-0.25, -0.2) is 18.1 Å². The minimum absolute atomic E-state index is 0.261. The van der Waals surface area contributed by atoms with Crippen LogP contribution in [0.15, 0.2) is 35.4 Å². The van der Waals surface area contributed by atoms with Crippen LogP contribution in [-0.4, -0.2) is 35.6 Å². The Bertz CT molecular complexity index is 969. The van der Waals surface area contributed by atoms with E-state index in [1.54, 1.807) is 26.1 Å². The number of aryl methyl sites for hydroxylation is 1. The number of aromatic nitrogens is 2. The predicted molar refractivity (Wildman–Crippen MR) is 99.3 cm³/mol. The van der Waals surface area contributed by atoms with Crippen LogP contribution in [0.25, 0.3) is 16.6 Å². The number of nitrogens with one attached hydrogen (secondary N) is 2. The summed E-state index contributed by atoms with van der Waals surface area (Å²) in [6.45, 7) is 5.02. The van der Waals surface area contributed by atoms with Crippen molar-refractivity contribution >= 4 is 26.6 Å². The van der Waals surface area contributed by atoms with Crippen molar-refractivity contribution in [3.63, 3.8) is 0 Å². The van der Waals surface area contributed by atoms with Crippen LogP contribution in [0.1, 0.15) is 37.9 Å². The molecule has 0 fully saturated rings. The summed E-state index contributed by atoms with van der Waals surface area (Å²) >= 11 is 0. The number of H-pyrrole nitrogens is 1. The molecule has 0 bridgehead atoms. The van der Waals surface area contributed by atoms with E-state index in [2.05, 4.69) is 20.8 Å². The van der Waals surface area contributed by atoms with Gasteiger partial charge in [0.15, 0.2) is 0 Å². The van der Waals surface area contributed by atoms with Crippen LogP contribution in [-0.2, 0) is 10.0 Å². The van der Waals surface area contributed by atoms with E-state index in [9.17, 15) is 13.5 Å². The first-order chi connectivity index (χ1) is 11.7. The molecular weight excluding hydrogens is 338 g/mol. The molecule has 3 rings (SSSR count). The lowest BCUT2D eigenvalue weighted by molar-refractivity contribution is 0.208. The van der Waals surface area contributed by atoms with E-state index in [4.69, 9.17) is 0 Å². The maximum absolute atomic E-state index is 12.5. The molecule has 0 saturated carbocycles. The van der Waals surface area contributed by atoms with Gasteiger partial charge in [-0.05, 0) is 63.0 Å². The molecule has 0 saturated heterocycles. The third-order valence-corrected chi connectivity index (χ3v) is 6.13. The van der Waals surface area contributed by atoms with Crippen molar-refractivity contribution in [1.29, 1.82) is 0 Å². The van der Waals surface area contributed by atoms with E-state index in [0.29, 0.717) is 17.7 Å². The second-order valence-electron chi connectivity index (χ2n) is 7.05. The molecule has 0 amide bonds. The Morgan fingerprint density at radius 3 is 2.72 bits per heavy atom. The minimum atomic E-state index is -3.61. The van der Waals surface area contributed by atoms with E-state index < -0.39 is 15.6 Å². The van der Waals surface area contributed by atoms with Gasteiger partial charge >= 0.3 is 0 Å². The molecule has 3 N–H and O–H groups in total. The lowest BCUT2D eigenvalue weighted by atomic mass is 9.96. The number of nitrogens with zero attached hydrogens (tertiary/aromatic N) is 1. The molecule has 0 aliphatic heterocycles. The summed E-state index contributed by atoms with van der Waals surface area (Å²) in [6, 6.07) is 4.02. The summed E-state index contributed by atoms with van der Waals surface area (Å²) < 4.78 is 27.5. The summed E-state index contributed by atoms with van der Waals surface area (Å²) in [5.74, 6) is 0. The highest BCUT2D eigenvalue weighted by Gasteiger charge is 2.28. The highest BCUT2D eigenvalue weighted by atomic mass is 32.2. The third-order valence-electron chi connectivity index (χ3n) is 4.27. The van der Waals surface area contributed by atoms with Gasteiger partial charge in [-0.15, -0.1) is 0 Å². The fourth-order valence-electron chi connectivity index (χ4n) is 2.97. The average Bonchev–Trinajstić information content (AvgIpc) is 2.94. The lowest BCUT2D eigenvalue weighted by Crippen LogP contribution is -2.46. The SMILES string of the molecule is Cc1cc2c(C3=CC=C(S(=O)(=O)NC(C)(C)CO)CC3)ccnc2[nH]1. The van der Waals surface area contributed by atoms with E-state index >= 15 is 0 Å². The van der Waals surface area contributed by atoms with Crippen LogP contribution >= 0.6 is 0 Å². The Morgan fingerprint density at radius 1 is 1.32 bits per heavy atom. The van der Waals surface area contributed by atoms with Crippen molar-refractivity contribution in [3.8, 4) is 0 Å². The fraction of sp³-hybridized carbons (Fsp3) is 0.389. The molecule has 7 heteroatoms. The number of hydrogen-bond acceptors (Lipinski definition) is 4. The maximum Gasteiger partial charge on any atom is 0.237 e. The van der Waals surface area contributed by atoms with Gasteiger partial charge in [-0.3, -0.25) is 0 Å². The Morgan fingerprint density at radius 2 is 2.08 bits per heavy atom. The fourth-order valence-corrected chi connectivity index (χ4v) is 4.51. The van der Waals surface area contributed by atoms with Gasteiger partial charge in [0.25, 0.3) is 0 Å². The first kappa shape index (κ1) is 17.8. The first-order valence-corrected chi connectivity index (χ1v) is 9.69. The predicted octanol–water partition coefficient (Wildman–Crippen LogP) is 2.62. The molecule has 25 heavy (non-hydrogen) atoms. The Kier molecular flexibility index (Phi) is 4.57. The zero-order valence-electron chi connectivity index (χ0n) is 14.6. The summed E-state index contributed by atoms with van der Waals surface area (Å²) in [7, 11) is -3.61.